The van der Waals surface area contributed by atoms with Crippen LogP contribution in [-0.2, 0) is 22.7 Å². The summed E-state index contributed by atoms with van der Waals surface area (Å²) in [5.74, 6) is 1.71. The topological polar surface area (TPSA) is 167 Å². The third-order valence-corrected chi connectivity index (χ3v) is 9.80. The van der Waals surface area contributed by atoms with E-state index in [1.165, 1.54) is 6.20 Å². The number of carbonyl (C=O) groups excluding carboxylic acids is 2. The second-order valence-corrected chi connectivity index (χ2v) is 12.9. The highest BCUT2D eigenvalue weighted by molar-refractivity contribution is 6.03. The van der Waals surface area contributed by atoms with Crippen LogP contribution in [0.4, 0.5) is 28.8 Å². The van der Waals surface area contributed by atoms with Gasteiger partial charge in [0.05, 0.1) is 23.5 Å². The number of pyridine rings is 3. The number of hydrogen-bond donors (Lipinski definition) is 4. The Hall–Kier alpha value is -4.82. The van der Waals surface area contributed by atoms with Crippen molar-refractivity contribution in [2.75, 3.05) is 64.6 Å². The number of carbonyl (C=O) groups is 3. The fraction of sp³-hybridized carbons (Fsp3) is 0.471. The molecule has 2 atom stereocenters. The van der Waals surface area contributed by atoms with Gasteiger partial charge in [0.25, 0.3) is 0 Å². The summed E-state index contributed by atoms with van der Waals surface area (Å²) in [4.78, 5) is 57.6. The molecule has 3 fully saturated rings. The van der Waals surface area contributed by atoms with Gasteiger partial charge in [-0.1, -0.05) is 0 Å². The maximum atomic E-state index is 12.5. The van der Waals surface area contributed by atoms with Gasteiger partial charge < -0.3 is 35.5 Å². The first-order valence-electron chi connectivity index (χ1n) is 16.8. The Morgan fingerprint density at radius 3 is 1.88 bits per heavy atom. The summed E-state index contributed by atoms with van der Waals surface area (Å²) in [6.45, 7) is 5.89. The van der Waals surface area contributed by atoms with E-state index >= 15 is 0 Å². The molecule has 3 aromatic rings. The van der Waals surface area contributed by atoms with Crippen LogP contribution in [0.25, 0.3) is 0 Å². The standard InChI is InChI=1S/C22H26N6O3.C12H15N3O2/c29-21-18-3-1-2-6-28(18)20-17(25-21)11-15(12-24-20)14-26-7-9-27(10-8-26)19-5-4-16(13-23-19)22(30)31;16-7-8-5-9-11(13-6-8)15-4-2-1-3-10(15)12(17)14-9/h4-5,11-13,18H,1-3,6-10,14H2,(H,25,29)(H,30,31);5-6,10,16H,1-4,7H2,(H,14,17)/t;10-/m.0/s1. The smallest absolute Gasteiger partial charge is 0.337 e. The van der Waals surface area contributed by atoms with Crippen LogP contribution in [0.15, 0.2) is 42.9 Å². The summed E-state index contributed by atoms with van der Waals surface area (Å²) < 4.78 is 0. The van der Waals surface area contributed by atoms with E-state index in [1.807, 2.05) is 6.20 Å². The summed E-state index contributed by atoms with van der Waals surface area (Å²) in [6.07, 6.45) is 11.2. The first-order valence-corrected chi connectivity index (χ1v) is 16.8. The number of carboxylic acid groups (broad SMARTS) is 1. The molecule has 0 spiro atoms. The van der Waals surface area contributed by atoms with Gasteiger partial charge in [0, 0.05) is 64.4 Å². The molecule has 0 radical (unpaired) electrons. The van der Waals surface area contributed by atoms with Crippen LogP contribution in [0, 0.1) is 0 Å². The van der Waals surface area contributed by atoms with Gasteiger partial charge in [-0.05, 0) is 73.9 Å². The third kappa shape index (κ3) is 6.49. The van der Waals surface area contributed by atoms with E-state index in [2.05, 4.69) is 46.3 Å². The van der Waals surface area contributed by atoms with E-state index in [0.29, 0.717) is 0 Å². The predicted octanol–water partition coefficient (Wildman–Crippen LogP) is 2.69. The lowest BCUT2D eigenvalue weighted by atomic mass is 9.99. The SMILES string of the molecule is O=C(O)c1ccc(N2CCN(Cc3cnc4c(c3)NC(=O)C3CCCCN43)CC2)nc1.O=C1Nc2cc(CO)cnc2N2CCCC[C@@H]12. The number of fused-ring (bicyclic) bond motifs is 6. The molecule has 3 saturated heterocycles. The van der Waals surface area contributed by atoms with E-state index in [9.17, 15) is 14.4 Å². The van der Waals surface area contributed by atoms with Crippen LogP contribution in [0.3, 0.4) is 0 Å². The number of aromatic nitrogens is 3. The number of anilines is 5. The highest BCUT2D eigenvalue weighted by Crippen LogP contribution is 2.36. The van der Waals surface area contributed by atoms with Crippen LogP contribution in [0.1, 0.15) is 60.0 Å². The molecule has 2 amide bonds. The van der Waals surface area contributed by atoms with Crippen molar-refractivity contribution >= 4 is 46.6 Å². The van der Waals surface area contributed by atoms with Crippen LogP contribution >= 0.6 is 0 Å². The summed E-state index contributed by atoms with van der Waals surface area (Å²) in [7, 11) is 0. The fourth-order valence-electron chi connectivity index (χ4n) is 7.26. The van der Waals surface area contributed by atoms with Gasteiger partial charge in [-0.25, -0.2) is 19.7 Å². The molecule has 3 aromatic heterocycles. The van der Waals surface area contributed by atoms with Crippen LogP contribution in [-0.4, -0.2) is 99.2 Å². The van der Waals surface area contributed by atoms with Crippen molar-refractivity contribution in [2.45, 2.75) is 63.8 Å². The molecule has 48 heavy (non-hydrogen) atoms. The number of nitrogens with one attached hydrogen (secondary N) is 2. The first kappa shape index (κ1) is 31.8. The maximum absolute atomic E-state index is 12.5. The molecule has 8 heterocycles. The normalized spacial score (nSPS) is 21.8. The van der Waals surface area contributed by atoms with Crippen molar-refractivity contribution in [3.63, 3.8) is 0 Å². The van der Waals surface area contributed by atoms with E-state index in [0.717, 1.165) is 124 Å². The molecule has 0 aromatic carbocycles. The molecule has 14 heteroatoms. The number of carboxylic acids is 1. The number of piperazine rings is 1. The number of aromatic carboxylic acids is 1. The number of aliphatic hydroxyl groups is 1. The largest absolute Gasteiger partial charge is 0.478 e. The number of nitrogens with zero attached hydrogens (tertiary/aromatic N) is 7. The van der Waals surface area contributed by atoms with Crippen molar-refractivity contribution in [2.24, 2.45) is 0 Å². The van der Waals surface area contributed by atoms with Crippen molar-refractivity contribution in [1.29, 1.82) is 0 Å². The zero-order valence-electron chi connectivity index (χ0n) is 26.8. The van der Waals surface area contributed by atoms with E-state index in [1.54, 1.807) is 24.4 Å². The van der Waals surface area contributed by atoms with E-state index in [-0.39, 0.29) is 36.1 Å². The van der Waals surface area contributed by atoms with Gasteiger partial charge in [0.15, 0.2) is 11.6 Å². The minimum Gasteiger partial charge on any atom is -0.478 e. The fourth-order valence-corrected chi connectivity index (χ4v) is 7.26. The predicted molar refractivity (Wildman–Crippen MR) is 180 cm³/mol. The second-order valence-electron chi connectivity index (χ2n) is 12.9. The molecule has 0 aliphatic carbocycles. The van der Waals surface area contributed by atoms with Gasteiger partial charge in [0.2, 0.25) is 11.8 Å². The number of aliphatic hydroxyl groups excluding tert-OH is 1. The molecule has 1 unspecified atom stereocenters. The molecule has 14 nitrogen and oxygen atoms in total. The Balaban J connectivity index is 0.000000180. The Kier molecular flexibility index (Phi) is 9.08. The summed E-state index contributed by atoms with van der Waals surface area (Å²) in [5, 5.41) is 24.0. The lowest BCUT2D eigenvalue weighted by molar-refractivity contribution is -0.118. The minimum absolute atomic E-state index is 0.0501. The average molecular weight is 656 g/mol. The van der Waals surface area contributed by atoms with Crippen LogP contribution in [0.5, 0.6) is 0 Å². The van der Waals surface area contributed by atoms with Crippen LogP contribution < -0.4 is 25.3 Å². The van der Waals surface area contributed by atoms with Crippen LogP contribution in [0.2, 0.25) is 0 Å². The number of piperidine rings is 2. The van der Waals surface area contributed by atoms with E-state index < -0.39 is 5.97 Å². The zero-order chi connectivity index (χ0) is 33.2. The zero-order valence-corrected chi connectivity index (χ0v) is 26.8. The maximum Gasteiger partial charge on any atom is 0.337 e. The van der Waals surface area contributed by atoms with Crippen molar-refractivity contribution in [3.05, 3.63) is 59.5 Å². The van der Waals surface area contributed by atoms with Gasteiger partial charge in [-0.15, -0.1) is 0 Å². The van der Waals surface area contributed by atoms with Gasteiger partial charge in [0.1, 0.15) is 17.9 Å². The lowest BCUT2D eigenvalue weighted by Crippen LogP contribution is -2.51. The van der Waals surface area contributed by atoms with Crippen molar-refractivity contribution in [1.82, 2.24) is 19.9 Å². The average Bonchev–Trinajstić information content (AvgIpc) is 3.12. The minimum atomic E-state index is -0.963. The molecular formula is C34H41N9O5. The highest BCUT2D eigenvalue weighted by atomic mass is 16.4. The number of amides is 2. The third-order valence-electron chi connectivity index (χ3n) is 9.80. The molecule has 4 N–H and O–H groups in total. The Labute approximate surface area is 278 Å². The Morgan fingerprint density at radius 2 is 1.33 bits per heavy atom. The molecule has 5 aliphatic rings. The molecule has 0 saturated carbocycles. The Bertz CT molecular complexity index is 1680. The molecule has 5 aliphatic heterocycles. The van der Waals surface area contributed by atoms with Gasteiger partial charge in [-0.3, -0.25) is 14.5 Å². The number of rotatable bonds is 5. The molecule has 252 valence electrons. The first-order chi connectivity index (χ1) is 23.4. The molecule has 8 rings (SSSR count). The monoisotopic (exact) mass is 655 g/mol. The highest BCUT2D eigenvalue weighted by Gasteiger charge is 2.36. The quantitative estimate of drug-likeness (QED) is 0.318. The second kappa shape index (κ2) is 13.7. The lowest BCUT2D eigenvalue weighted by Gasteiger charge is -2.40. The summed E-state index contributed by atoms with van der Waals surface area (Å²) in [6, 6.07) is 7.07. The van der Waals surface area contributed by atoms with Crippen molar-refractivity contribution in [3.8, 4) is 0 Å². The molecule has 0 bridgehead atoms. The summed E-state index contributed by atoms with van der Waals surface area (Å²) in [5.41, 5.74) is 3.55. The van der Waals surface area contributed by atoms with Crippen molar-refractivity contribution < 1.29 is 24.6 Å². The summed E-state index contributed by atoms with van der Waals surface area (Å²) >= 11 is 0. The van der Waals surface area contributed by atoms with E-state index in [4.69, 9.17) is 15.2 Å². The Morgan fingerprint density at radius 1 is 0.750 bits per heavy atom. The van der Waals surface area contributed by atoms with Gasteiger partial charge in [-0.2, -0.15) is 0 Å². The van der Waals surface area contributed by atoms with Gasteiger partial charge >= 0.3 is 5.97 Å². The number of hydrogen-bond acceptors (Lipinski definition) is 11. The molecular weight excluding hydrogens is 614 g/mol.